The second-order valence-corrected chi connectivity index (χ2v) is 4.53. The van der Waals surface area contributed by atoms with Gasteiger partial charge in [0.05, 0.1) is 18.2 Å². The molecule has 2 rings (SSSR count). The molecule has 0 aromatic carbocycles. The zero-order valence-electron chi connectivity index (χ0n) is 9.52. The highest BCUT2D eigenvalue weighted by Gasteiger charge is 2.30. The molecular weight excluding hydrogens is 224 g/mol. The normalized spacial score (nSPS) is 18.4. The maximum atomic E-state index is 10.4. The van der Waals surface area contributed by atoms with Gasteiger partial charge in [0.15, 0.2) is 0 Å². The summed E-state index contributed by atoms with van der Waals surface area (Å²) >= 11 is 0. The van der Waals surface area contributed by atoms with Crippen molar-refractivity contribution in [3.8, 4) is 0 Å². The maximum absolute atomic E-state index is 10.4. The molecule has 1 aromatic heterocycles. The molecule has 0 radical (unpaired) electrons. The molecule has 0 unspecified atom stereocenters. The van der Waals surface area contributed by atoms with E-state index in [1.807, 2.05) is 0 Å². The van der Waals surface area contributed by atoms with E-state index in [2.05, 4.69) is 5.32 Å². The van der Waals surface area contributed by atoms with Crippen molar-refractivity contribution in [2.24, 2.45) is 0 Å². The maximum Gasteiger partial charge on any atom is 0.433 e. The fraction of sp³-hybridized carbons (Fsp3) is 0.636. The molecule has 17 heavy (non-hydrogen) atoms. The first-order valence-electron chi connectivity index (χ1n) is 5.75. The third-order valence-corrected chi connectivity index (χ3v) is 3.11. The molecule has 1 aromatic rings. The van der Waals surface area contributed by atoms with Crippen LogP contribution in [0.4, 0.5) is 5.88 Å². The van der Waals surface area contributed by atoms with Crippen LogP contribution in [0.25, 0.3) is 0 Å². The van der Waals surface area contributed by atoms with Gasteiger partial charge in [-0.1, -0.05) is 12.8 Å². The molecule has 0 atom stereocenters. The van der Waals surface area contributed by atoms with Crippen LogP contribution in [0.5, 0.6) is 0 Å². The summed E-state index contributed by atoms with van der Waals surface area (Å²) in [7, 11) is 0. The van der Waals surface area contributed by atoms with E-state index in [0.29, 0.717) is 18.8 Å². The Hall–Kier alpha value is -1.40. The van der Waals surface area contributed by atoms with E-state index in [-0.39, 0.29) is 5.88 Å². The summed E-state index contributed by atoms with van der Waals surface area (Å²) in [6, 6.07) is 2.91. The average Bonchev–Trinajstić information content (AvgIpc) is 2.88. The first kappa shape index (κ1) is 12.1. The Morgan fingerprint density at radius 2 is 2.18 bits per heavy atom. The lowest BCUT2D eigenvalue weighted by Gasteiger charge is -2.21. The number of hydrogen-bond acceptors (Lipinski definition) is 5. The topological polar surface area (TPSA) is 88.5 Å². The Kier molecular flexibility index (Phi) is 3.44. The molecule has 6 nitrogen and oxygen atoms in total. The third-order valence-electron chi connectivity index (χ3n) is 3.11. The van der Waals surface area contributed by atoms with Crippen molar-refractivity contribution in [2.45, 2.75) is 37.8 Å². The van der Waals surface area contributed by atoms with Gasteiger partial charge in [0, 0.05) is 6.54 Å². The number of furan rings is 1. The molecule has 1 aliphatic carbocycles. The van der Waals surface area contributed by atoms with E-state index < -0.39 is 10.5 Å². The van der Waals surface area contributed by atoms with Crippen LogP contribution >= 0.6 is 0 Å². The van der Waals surface area contributed by atoms with Gasteiger partial charge in [0.25, 0.3) is 0 Å². The number of nitrogens with one attached hydrogen (secondary N) is 1. The minimum Gasteiger partial charge on any atom is -0.404 e. The molecule has 0 saturated heterocycles. The second-order valence-electron chi connectivity index (χ2n) is 4.53. The number of hydrogen-bond donors (Lipinski definition) is 2. The number of aliphatic hydroxyl groups is 1. The number of nitro groups is 1. The molecule has 0 aliphatic heterocycles. The monoisotopic (exact) mass is 240 g/mol. The highest BCUT2D eigenvalue weighted by molar-refractivity contribution is 5.17. The molecule has 94 valence electrons. The molecule has 0 amide bonds. The quantitative estimate of drug-likeness (QED) is 0.602. The van der Waals surface area contributed by atoms with Crippen LogP contribution in [0.1, 0.15) is 31.4 Å². The van der Waals surface area contributed by atoms with Crippen molar-refractivity contribution >= 4 is 5.88 Å². The van der Waals surface area contributed by atoms with Crippen LogP contribution < -0.4 is 5.32 Å². The molecule has 1 aliphatic rings. The lowest BCUT2D eigenvalue weighted by molar-refractivity contribution is -0.402. The predicted molar refractivity (Wildman–Crippen MR) is 60.5 cm³/mol. The van der Waals surface area contributed by atoms with Gasteiger partial charge in [-0.2, -0.15) is 0 Å². The minimum absolute atomic E-state index is 0.249. The summed E-state index contributed by atoms with van der Waals surface area (Å²) in [5, 5.41) is 23.5. The molecule has 1 saturated carbocycles. The highest BCUT2D eigenvalue weighted by Crippen LogP contribution is 2.28. The first-order valence-corrected chi connectivity index (χ1v) is 5.75. The standard InChI is InChI=1S/C11H16N2O4/c14-11(5-1-2-6-11)8-12-7-9-3-4-10(17-9)13(15)16/h3-4,12,14H,1-2,5-8H2. The fourth-order valence-corrected chi connectivity index (χ4v) is 2.19. The zero-order valence-corrected chi connectivity index (χ0v) is 9.52. The summed E-state index contributed by atoms with van der Waals surface area (Å²) in [6.45, 7) is 0.900. The highest BCUT2D eigenvalue weighted by atomic mass is 16.6. The third kappa shape index (κ3) is 3.04. The number of nitrogens with zero attached hydrogens (tertiary/aromatic N) is 1. The summed E-state index contributed by atoms with van der Waals surface area (Å²) in [4.78, 5) is 9.84. The summed E-state index contributed by atoms with van der Waals surface area (Å²) < 4.78 is 5.00. The van der Waals surface area contributed by atoms with Crippen LogP contribution in [0.3, 0.4) is 0 Å². The van der Waals surface area contributed by atoms with Crippen molar-refractivity contribution in [3.63, 3.8) is 0 Å². The molecule has 0 bridgehead atoms. The summed E-state index contributed by atoms with van der Waals surface area (Å²) in [5.74, 6) is 0.264. The van der Waals surface area contributed by atoms with Crippen molar-refractivity contribution in [2.75, 3.05) is 6.54 Å². The molecule has 6 heteroatoms. The van der Waals surface area contributed by atoms with Crippen molar-refractivity contribution in [1.82, 2.24) is 5.32 Å². The SMILES string of the molecule is O=[N+]([O-])c1ccc(CNCC2(O)CCCC2)o1. The van der Waals surface area contributed by atoms with Gasteiger partial charge in [-0.05, 0) is 18.9 Å². The summed E-state index contributed by atoms with van der Waals surface area (Å²) in [5.41, 5.74) is -0.613. The Balaban J connectivity index is 1.79. The van der Waals surface area contributed by atoms with Gasteiger partial charge in [-0.3, -0.25) is 10.1 Å². The van der Waals surface area contributed by atoms with Crippen molar-refractivity contribution < 1.29 is 14.4 Å². The van der Waals surface area contributed by atoms with Crippen LogP contribution in [-0.4, -0.2) is 22.2 Å². The number of rotatable bonds is 5. The van der Waals surface area contributed by atoms with Crippen molar-refractivity contribution in [3.05, 3.63) is 28.0 Å². The zero-order chi connectivity index (χ0) is 12.3. The largest absolute Gasteiger partial charge is 0.433 e. The molecule has 0 spiro atoms. The van der Waals surface area contributed by atoms with Crippen LogP contribution in [-0.2, 0) is 6.54 Å². The molecular formula is C11H16N2O4. The van der Waals surface area contributed by atoms with Gasteiger partial charge in [0.1, 0.15) is 10.7 Å². The predicted octanol–water partition coefficient (Wildman–Crippen LogP) is 1.58. The fourth-order valence-electron chi connectivity index (χ4n) is 2.19. The van der Waals surface area contributed by atoms with Gasteiger partial charge >= 0.3 is 5.88 Å². The molecule has 2 N–H and O–H groups in total. The second kappa shape index (κ2) is 4.85. The van der Waals surface area contributed by atoms with Crippen LogP contribution in [0.15, 0.2) is 16.5 Å². The van der Waals surface area contributed by atoms with Crippen LogP contribution in [0, 0.1) is 10.1 Å². The van der Waals surface area contributed by atoms with Crippen LogP contribution in [0.2, 0.25) is 0 Å². The van der Waals surface area contributed by atoms with Gasteiger partial charge < -0.3 is 14.8 Å². The lowest BCUT2D eigenvalue weighted by atomic mass is 10.0. The Morgan fingerprint density at radius 3 is 2.76 bits per heavy atom. The van der Waals surface area contributed by atoms with Gasteiger partial charge in [-0.15, -0.1) is 0 Å². The van der Waals surface area contributed by atoms with E-state index >= 15 is 0 Å². The Bertz CT molecular complexity index is 396. The van der Waals surface area contributed by atoms with Gasteiger partial charge in [0.2, 0.25) is 0 Å². The smallest absolute Gasteiger partial charge is 0.404 e. The van der Waals surface area contributed by atoms with E-state index in [4.69, 9.17) is 4.42 Å². The average molecular weight is 240 g/mol. The Morgan fingerprint density at radius 1 is 1.47 bits per heavy atom. The minimum atomic E-state index is -0.613. The van der Waals surface area contributed by atoms with E-state index in [0.717, 1.165) is 25.7 Å². The van der Waals surface area contributed by atoms with E-state index in [1.165, 1.54) is 6.07 Å². The molecule has 1 fully saturated rings. The van der Waals surface area contributed by atoms with Gasteiger partial charge in [-0.25, -0.2) is 0 Å². The Labute approximate surface area is 98.8 Å². The molecule has 1 heterocycles. The first-order chi connectivity index (χ1) is 8.09. The van der Waals surface area contributed by atoms with E-state index in [1.54, 1.807) is 6.07 Å². The summed E-state index contributed by atoms with van der Waals surface area (Å²) in [6.07, 6.45) is 3.76. The lowest BCUT2D eigenvalue weighted by Crippen LogP contribution is -2.37. The van der Waals surface area contributed by atoms with E-state index in [9.17, 15) is 15.2 Å². The van der Waals surface area contributed by atoms with Crippen molar-refractivity contribution in [1.29, 1.82) is 0 Å².